The van der Waals surface area contributed by atoms with Crippen molar-refractivity contribution in [1.29, 1.82) is 0 Å². The normalized spacial score (nSPS) is 23.6. The number of rotatable bonds is 2. The van der Waals surface area contributed by atoms with Crippen LogP contribution in [-0.2, 0) is 0 Å². The Morgan fingerprint density at radius 3 is 2.65 bits per heavy atom. The van der Waals surface area contributed by atoms with Crippen molar-refractivity contribution in [3.05, 3.63) is 39.7 Å². The Balaban J connectivity index is 1.97. The van der Waals surface area contributed by atoms with E-state index in [9.17, 15) is 10.2 Å². The molecule has 2 nitrogen and oxygen atoms in total. The smallest absolute Gasteiger partial charge is 0.278 e. The van der Waals surface area contributed by atoms with Gasteiger partial charge in [-0.05, 0) is 73.6 Å². The van der Waals surface area contributed by atoms with Crippen molar-refractivity contribution in [2.45, 2.75) is 45.4 Å². The van der Waals surface area contributed by atoms with E-state index in [0.717, 1.165) is 34.0 Å². The first kappa shape index (κ1) is 14.0. The van der Waals surface area contributed by atoms with Gasteiger partial charge in [0.05, 0.1) is 0 Å². The van der Waals surface area contributed by atoms with E-state index in [4.69, 9.17) is 0 Å². The summed E-state index contributed by atoms with van der Waals surface area (Å²) < 4.78 is 0.980. The van der Waals surface area contributed by atoms with Crippen LogP contribution in [0.15, 0.2) is 28.6 Å². The summed E-state index contributed by atoms with van der Waals surface area (Å²) in [5.41, 5.74) is 3.33. The van der Waals surface area contributed by atoms with Crippen LogP contribution >= 0.6 is 15.9 Å². The van der Waals surface area contributed by atoms with Crippen molar-refractivity contribution in [1.82, 2.24) is 0 Å². The second-order valence-electron chi connectivity index (χ2n) is 6.49. The Bertz CT molecular complexity index is 554. The van der Waals surface area contributed by atoms with Gasteiger partial charge in [-0.3, -0.25) is 0 Å². The number of hydrogen-bond donors (Lipinski definition) is 2. The number of aliphatic hydroxyl groups is 2. The Hall–Kier alpha value is -0.960. The monoisotopic (exact) mass is 336 g/mol. The lowest BCUT2D eigenvalue weighted by atomic mass is 9.74. The minimum Gasteiger partial charge on any atom is -0.481 e. The molecule has 1 aromatic carbocycles. The van der Waals surface area contributed by atoms with Gasteiger partial charge >= 0.3 is 0 Å². The van der Waals surface area contributed by atoms with Crippen molar-refractivity contribution < 1.29 is 10.2 Å². The van der Waals surface area contributed by atoms with Gasteiger partial charge in [0.1, 0.15) is 0 Å². The first-order chi connectivity index (χ1) is 9.51. The number of aryl methyl sites for hydroxylation is 1. The zero-order valence-electron chi connectivity index (χ0n) is 11.8. The molecule has 0 aromatic heterocycles. The summed E-state index contributed by atoms with van der Waals surface area (Å²) in [6, 6.07) is 6.03. The van der Waals surface area contributed by atoms with Crippen LogP contribution in [0, 0.1) is 18.3 Å². The summed E-state index contributed by atoms with van der Waals surface area (Å²) >= 11 is 3.49. The number of allylic oxidation sites excluding steroid dienone is 1. The molecule has 3 heteroatoms. The van der Waals surface area contributed by atoms with Crippen LogP contribution < -0.4 is 0 Å². The zero-order valence-corrected chi connectivity index (χ0v) is 13.4. The molecule has 0 radical (unpaired) electrons. The van der Waals surface area contributed by atoms with E-state index < -0.39 is 5.95 Å². The molecule has 1 unspecified atom stereocenters. The van der Waals surface area contributed by atoms with Crippen LogP contribution in [0.1, 0.15) is 49.7 Å². The largest absolute Gasteiger partial charge is 0.481 e. The molecule has 20 heavy (non-hydrogen) atoms. The molecule has 3 rings (SSSR count). The van der Waals surface area contributed by atoms with Crippen LogP contribution in [-0.4, -0.2) is 10.2 Å². The van der Waals surface area contributed by atoms with Gasteiger partial charge in [0.2, 0.25) is 0 Å². The Morgan fingerprint density at radius 1 is 1.25 bits per heavy atom. The van der Waals surface area contributed by atoms with Gasteiger partial charge in [-0.2, -0.15) is 0 Å². The SMILES string of the molecule is Cc1ccc(Br)cc1C(=C(O)O)C1CCCC2(CC2)C1. The number of aliphatic hydroxyl groups excluding tert-OH is 1. The number of halogens is 1. The van der Waals surface area contributed by atoms with E-state index in [2.05, 4.69) is 15.9 Å². The molecule has 108 valence electrons. The van der Waals surface area contributed by atoms with Crippen LogP contribution in [0.3, 0.4) is 0 Å². The summed E-state index contributed by atoms with van der Waals surface area (Å²) in [5, 5.41) is 19.7. The lowest BCUT2D eigenvalue weighted by Gasteiger charge is -2.31. The van der Waals surface area contributed by atoms with Gasteiger partial charge in [-0.1, -0.05) is 28.4 Å². The molecule has 2 fully saturated rings. The van der Waals surface area contributed by atoms with Gasteiger partial charge in [0.25, 0.3) is 5.95 Å². The van der Waals surface area contributed by atoms with Crippen molar-refractivity contribution in [3.63, 3.8) is 0 Å². The van der Waals surface area contributed by atoms with Crippen molar-refractivity contribution in [2.75, 3.05) is 0 Å². The maximum atomic E-state index is 9.84. The van der Waals surface area contributed by atoms with E-state index in [1.165, 1.54) is 25.7 Å². The Labute approximate surface area is 128 Å². The highest BCUT2D eigenvalue weighted by Crippen LogP contribution is 2.59. The van der Waals surface area contributed by atoms with E-state index in [1.54, 1.807) is 0 Å². The highest BCUT2D eigenvalue weighted by molar-refractivity contribution is 9.10. The van der Waals surface area contributed by atoms with Gasteiger partial charge in [0.15, 0.2) is 0 Å². The molecule has 2 aliphatic carbocycles. The first-order valence-electron chi connectivity index (χ1n) is 7.39. The third-order valence-corrected chi connectivity index (χ3v) is 5.53. The van der Waals surface area contributed by atoms with E-state index in [-0.39, 0.29) is 5.92 Å². The fourth-order valence-corrected chi connectivity index (χ4v) is 4.10. The van der Waals surface area contributed by atoms with E-state index >= 15 is 0 Å². The topological polar surface area (TPSA) is 40.5 Å². The van der Waals surface area contributed by atoms with Gasteiger partial charge < -0.3 is 10.2 Å². The molecule has 0 bridgehead atoms. The molecular weight excluding hydrogens is 316 g/mol. The minimum atomic E-state index is -0.492. The lowest BCUT2D eigenvalue weighted by molar-refractivity contribution is 0.186. The van der Waals surface area contributed by atoms with Crippen LogP contribution in [0.25, 0.3) is 5.57 Å². The fraction of sp³-hybridized carbons (Fsp3) is 0.529. The molecule has 1 aromatic rings. The van der Waals surface area contributed by atoms with Crippen molar-refractivity contribution in [3.8, 4) is 0 Å². The average Bonchev–Trinajstić information content (AvgIpc) is 3.13. The molecular formula is C17H21BrO2. The molecule has 1 atom stereocenters. The molecule has 2 saturated carbocycles. The summed E-state index contributed by atoms with van der Waals surface area (Å²) in [4.78, 5) is 0. The van der Waals surface area contributed by atoms with Crippen LogP contribution in [0.2, 0.25) is 0 Å². The van der Waals surface area contributed by atoms with E-state index in [1.807, 2.05) is 25.1 Å². The molecule has 2 N–H and O–H groups in total. The highest BCUT2D eigenvalue weighted by atomic mass is 79.9. The summed E-state index contributed by atoms with van der Waals surface area (Å²) in [6.07, 6.45) is 7.34. The summed E-state index contributed by atoms with van der Waals surface area (Å²) in [6.45, 7) is 2.03. The number of hydrogen-bond acceptors (Lipinski definition) is 2. The summed E-state index contributed by atoms with van der Waals surface area (Å²) in [7, 11) is 0. The molecule has 0 aliphatic heterocycles. The van der Waals surface area contributed by atoms with Gasteiger partial charge in [-0.25, -0.2) is 0 Å². The lowest BCUT2D eigenvalue weighted by Crippen LogP contribution is -2.19. The Kier molecular flexibility index (Phi) is 3.57. The quantitative estimate of drug-likeness (QED) is 0.698. The zero-order chi connectivity index (χ0) is 14.3. The molecule has 1 spiro atoms. The second kappa shape index (κ2) is 5.10. The maximum absolute atomic E-state index is 9.84. The minimum absolute atomic E-state index is 0.282. The molecule has 0 amide bonds. The predicted molar refractivity (Wildman–Crippen MR) is 84.7 cm³/mol. The third-order valence-electron chi connectivity index (χ3n) is 5.04. The first-order valence-corrected chi connectivity index (χ1v) is 8.19. The van der Waals surface area contributed by atoms with Crippen LogP contribution in [0.5, 0.6) is 0 Å². The second-order valence-corrected chi connectivity index (χ2v) is 7.41. The van der Waals surface area contributed by atoms with Crippen molar-refractivity contribution >= 4 is 21.5 Å². The molecule has 0 saturated heterocycles. The predicted octanol–water partition coefficient (Wildman–Crippen LogP) is 5.51. The van der Waals surface area contributed by atoms with Gasteiger partial charge in [-0.15, -0.1) is 0 Å². The fourth-order valence-electron chi connectivity index (χ4n) is 3.73. The van der Waals surface area contributed by atoms with E-state index in [0.29, 0.717) is 5.41 Å². The third kappa shape index (κ3) is 2.60. The molecule has 2 aliphatic rings. The maximum Gasteiger partial charge on any atom is 0.278 e. The number of benzene rings is 1. The van der Waals surface area contributed by atoms with Crippen molar-refractivity contribution in [2.24, 2.45) is 11.3 Å². The van der Waals surface area contributed by atoms with Crippen LogP contribution in [0.4, 0.5) is 0 Å². The average molecular weight is 337 g/mol. The van der Waals surface area contributed by atoms with Gasteiger partial charge in [0, 0.05) is 10.0 Å². The summed E-state index contributed by atoms with van der Waals surface area (Å²) in [5.74, 6) is -0.210. The standard InChI is InChI=1S/C17H21BrO2/c1-11-4-5-13(18)9-14(11)15(16(19)20)12-3-2-6-17(10-12)7-8-17/h4-5,9,12,19-20H,2-3,6-8,10H2,1H3. The Morgan fingerprint density at radius 2 is 2.00 bits per heavy atom. The highest BCUT2D eigenvalue weighted by Gasteiger charge is 2.47. The molecule has 0 heterocycles.